The van der Waals surface area contributed by atoms with Gasteiger partial charge in [0.2, 0.25) is 0 Å². The van der Waals surface area contributed by atoms with Crippen LogP contribution >= 0.6 is 0 Å². The van der Waals surface area contributed by atoms with Crippen LogP contribution in [0.5, 0.6) is 0 Å². The molecule has 0 aliphatic carbocycles. The molecular weight excluding hydrogens is 471 g/mol. The Morgan fingerprint density at radius 3 is 1.76 bits per heavy atom. The molecule has 0 saturated heterocycles. The summed E-state index contributed by atoms with van der Waals surface area (Å²) in [5.74, 6) is -1.80. The van der Waals surface area contributed by atoms with Gasteiger partial charge in [-0.1, -0.05) is 52.4 Å². The van der Waals surface area contributed by atoms with Crippen LogP contribution < -0.4 is 51.4 Å². The van der Waals surface area contributed by atoms with Gasteiger partial charge in [-0.15, -0.1) is 0 Å². The van der Waals surface area contributed by atoms with Crippen LogP contribution in [0, 0.1) is 0 Å². The third kappa shape index (κ3) is 13.6. The van der Waals surface area contributed by atoms with Gasteiger partial charge in [0.25, 0.3) is 0 Å². The molecule has 0 unspecified atom stereocenters. The zero-order valence-corrected chi connectivity index (χ0v) is 23.8. The molecule has 0 aliphatic heterocycles. The minimum atomic E-state index is -4.81. The van der Waals surface area contributed by atoms with E-state index in [-0.39, 0.29) is 62.5 Å². The molecule has 1 rings (SSSR count). The maximum Gasteiger partial charge on any atom is 1.00 e. The molecule has 0 atom stereocenters. The molecule has 0 N–H and O–H groups in total. The fourth-order valence-electron chi connectivity index (χ4n) is 2.89. The average Bonchev–Trinajstić information content (AvgIpc) is 2.76. The molecular formula is C24H33KO7S. The summed E-state index contributed by atoms with van der Waals surface area (Å²) >= 11 is 0. The number of benzene rings is 1. The predicted octanol–water partition coefficient (Wildman–Crippen LogP) is 2.88. The summed E-state index contributed by atoms with van der Waals surface area (Å²) in [5, 5.41) is 0. The standard InChI is InChI=1S/C24H34O7S.K/c1-3-5-7-9-11-13-17-30-23(25)21-16-15-20(32(27,28)29)19-22(21)24(26)31-18-14-12-10-8-6-4-2;/h13-19H,3-12H2,1-2H3,(H,27,28,29);/q;+1/p-1/b17-13+,18-14+;. The Kier molecular flexibility index (Phi) is 18.0. The fraction of sp³-hybridized carbons (Fsp3) is 0.500. The largest absolute Gasteiger partial charge is 1.00 e. The van der Waals surface area contributed by atoms with Crippen molar-refractivity contribution < 1.29 is 83.4 Å². The first-order valence-corrected chi connectivity index (χ1v) is 12.5. The molecule has 33 heavy (non-hydrogen) atoms. The maximum absolute atomic E-state index is 12.5. The molecule has 0 aliphatic rings. The third-order valence-electron chi connectivity index (χ3n) is 4.71. The van der Waals surface area contributed by atoms with Crippen molar-refractivity contribution in [2.24, 2.45) is 0 Å². The third-order valence-corrected chi connectivity index (χ3v) is 5.54. The number of carbonyl (C=O) groups excluding carboxylic acids is 2. The summed E-state index contributed by atoms with van der Waals surface area (Å²) in [4.78, 5) is 24.3. The van der Waals surface area contributed by atoms with Gasteiger partial charge < -0.3 is 14.0 Å². The molecule has 0 aromatic heterocycles. The summed E-state index contributed by atoms with van der Waals surface area (Å²) in [6.07, 6.45) is 15.9. The first-order valence-electron chi connectivity index (χ1n) is 11.1. The van der Waals surface area contributed by atoms with Crippen LogP contribution in [0.4, 0.5) is 0 Å². The van der Waals surface area contributed by atoms with E-state index in [9.17, 15) is 22.6 Å². The summed E-state index contributed by atoms with van der Waals surface area (Å²) < 4.78 is 44.1. The van der Waals surface area contributed by atoms with Gasteiger partial charge in [0, 0.05) is 0 Å². The van der Waals surface area contributed by atoms with Gasteiger partial charge >= 0.3 is 63.3 Å². The van der Waals surface area contributed by atoms with Crippen molar-refractivity contribution in [1.29, 1.82) is 0 Å². The van der Waals surface area contributed by atoms with Crippen molar-refractivity contribution in [2.45, 2.75) is 83.0 Å². The number of esters is 2. The van der Waals surface area contributed by atoms with Gasteiger partial charge in [0.15, 0.2) is 0 Å². The maximum atomic E-state index is 12.5. The van der Waals surface area contributed by atoms with Crippen molar-refractivity contribution in [3.8, 4) is 0 Å². The number of unbranched alkanes of at least 4 members (excludes halogenated alkanes) is 8. The van der Waals surface area contributed by atoms with Crippen LogP contribution in [-0.2, 0) is 19.6 Å². The monoisotopic (exact) mass is 504 g/mol. The Labute approximate surface area is 240 Å². The van der Waals surface area contributed by atoms with Crippen molar-refractivity contribution in [2.75, 3.05) is 0 Å². The molecule has 0 spiro atoms. The van der Waals surface area contributed by atoms with Gasteiger partial charge in [-0.2, -0.15) is 0 Å². The van der Waals surface area contributed by atoms with Gasteiger partial charge in [0.05, 0.1) is 28.5 Å². The number of carbonyl (C=O) groups is 2. The van der Waals surface area contributed by atoms with Gasteiger partial charge in [-0.05, 0) is 56.0 Å². The van der Waals surface area contributed by atoms with E-state index in [2.05, 4.69) is 13.8 Å². The van der Waals surface area contributed by atoms with Crippen LogP contribution in [0.15, 0.2) is 47.8 Å². The second-order valence-corrected chi connectivity index (χ2v) is 8.79. The Morgan fingerprint density at radius 1 is 0.818 bits per heavy atom. The molecule has 0 amide bonds. The normalized spacial score (nSPS) is 11.5. The van der Waals surface area contributed by atoms with Gasteiger partial charge in [-0.3, -0.25) is 0 Å². The molecule has 9 heteroatoms. The molecule has 0 heterocycles. The van der Waals surface area contributed by atoms with E-state index in [1.165, 1.54) is 12.5 Å². The van der Waals surface area contributed by atoms with E-state index >= 15 is 0 Å². The van der Waals surface area contributed by atoms with E-state index in [0.29, 0.717) is 0 Å². The second kappa shape index (κ2) is 18.5. The van der Waals surface area contributed by atoms with Crippen LogP contribution in [0.25, 0.3) is 0 Å². The second-order valence-electron chi connectivity index (χ2n) is 7.41. The molecule has 0 bridgehead atoms. The fourth-order valence-corrected chi connectivity index (χ4v) is 3.38. The minimum Gasteiger partial charge on any atom is -0.744 e. The van der Waals surface area contributed by atoms with Crippen LogP contribution in [-0.4, -0.2) is 24.9 Å². The molecule has 1 aromatic carbocycles. The quantitative estimate of drug-likeness (QED) is 0.119. The van der Waals surface area contributed by atoms with Crippen molar-refractivity contribution >= 4 is 22.1 Å². The van der Waals surface area contributed by atoms with E-state index in [1.807, 2.05) is 0 Å². The van der Waals surface area contributed by atoms with Crippen LogP contribution in [0.3, 0.4) is 0 Å². The molecule has 1 aromatic rings. The Balaban J connectivity index is 0.0000102. The Bertz CT molecular complexity index is 892. The van der Waals surface area contributed by atoms with E-state index in [1.54, 1.807) is 12.2 Å². The first-order chi connectivity index (χ1) is 15.3. The van der Waals surface area contributed by atoms with Gasteiger partial charge in [-0.25, -0.2) is 18.0 Å². The number of rotatable bonds is 15. The number of hydrogen-bond donors (Lipinski definition) is 0. The summed E-state index contributed by atoms with van der Waals surface area (Å²) in [6, 6.07) is 2.88. The van der Waals surface area contributed by atoms with E-state index in [0.717, 1.165) is 82.4 Å². The average molecular weight is 505 g/mol. The molecule has 178 valence electrons. The smallest absolute Gasteiger partial charge is 0.744 e. The number of ether oxygens (including phenoxy) is 2. The van der Waals surface area contributed by atoms with E-state index < -0.39 is 27.0 Å². The zero-order valence-electron chi connectivity index (χ0n) is 19.9. The van der Waals surface area contributed by atoms with Crippen molar-refractivity contribution in [1.82, 2.24) is 0 Å². The molecule has 7 nitrogen and oxygen atoms in total. The van der Waals surface area contributed by atoms with Crippen LogP contribution in [0.2, 0.25) is 0 Å². The minimum absolute atomic E-state index is 0. The number of allylic oxidation sites excluding steroid dienone is 2. The molecule has 0 radical (unpaired) electrons. The summed E-state index contributed by atoms with van der Waals surface area (Å²) in [6.45, 7) is 4.23. The zero-order chi connectivity index (χ0) is 23.8. The van der Waals surface area contributed by atoms with E-state index in [4.69, 9.17) is 9.47 Å². The summed E-state index contributed by atoms with van der Waals surface area (Å²) in [7, 11) is -4.81. The topological polar surface area (TPSA) is 110 Å². The Morgan fingerprint density at radius 2 is 1.30 bits per heavy atom. The SMILES string of the molecule is CCCCCC/C=C/OC(=O)c1ccc(S(=O)(=O)[O-])cc1C(=O)O/C=C/CCCCCC.[K+]. The van der Waals surface area contributed by atoms with Crippen molar-refractivity contribution in [3.63, 3.8) is 0 Å². The number of hydrogen-bond acceptors (Lipinski definition) is 7. The molecule has 0 saturated carbocycles. The van der Waals surface area contributed by atoms with Crippen LogP contribution in [0.1, 0.15) is 98.8 Å². The predicted molar refractivity (Wildman–Crippen MR) is 121 cm³/mol. The van der Waals surface area contributed by atoms with Gasteiger partial charge in [0.1, 0.15) is 10.1 Å². The van der Waals surface area contributed by atoms with Crippen molar-refractivity contribution in [3.05, 3.63) is 54.0 Å². The first kappa shape index (κ1) is 32.2. The summed E-state index contributed by atoms with van der Waals surface area (Å²) in [5.41, 5.74) is -0.534. The molecule has 0 fully saturated rings. The Hall–Kier alpha value is -0.814.